The smallest absolute Gasteiger partial charge is 0.247 e. The number of aromatic nitrogens is 2. The van der Waals surface area contributed by atoms with E-state index in [-0.39, 0.29) is 11.8 Å². The van der Waals surface area contributed by atoms with E-state index in [2.05, 4.69) is 52.6 Å². The molecule has 8 nitrogen and oxygen atoms in total. The van der Waals surface area contributed by atoms with Crippen LogP contribution in [0.2, 0.25) is 0 Å². The number of hydrogen-bond acceptors (Lipinski definition) is 6. The van der Waals surface area contributed by atoms with E-state index in [1.807, 2.05) is 36.1 Å². The van der Waals surface area contributed by atoms with E-state index in [4.69, 9.17) is 4.98 Å². The molecule has 1 aliphatic carbocycles. The lowest BCUT2D eigenvalue weighted by Gasteiger charge is -2.53. The van der Waals surface area contributed by atoms with Crippen LogP contribution in [-0.4, -0.2) is 39.8 Å². The Morgan fingerprint density at radius 3 is 2.46 bits per heavy atom. The number of likely N-dealkylation sites (tertiary alicyclic amines) is 1. The monoisotopic (exact) mass is 524 g/mol. The quantitative estimate of drug-likeness (QED) is 0.318. The van der Waals surface area contributed by atoms with Gasteiger partial charge in [0.2, 0.25) is 17.8 Å². The summed E-state index contributed by atoms with van der Waals surface area (Å²) >= 11 is 0. The maximum atomic E-state index is 11.6. The maximum Gasteiger partial charge on any atom is 0.247 e. The summed E-state index contributed by atoms with van der Waals surface area (Å²) in [5, 5.41) is 9.48. The van der Waals surface area contributed by atoms with Gasteiger partial charge in [-0.3, -0.25) is 9.59 Å². The van der Waals surface area contributed by atoms with Crippen molar-refractivity contribution in [2.75, 3.05) is 29.0 Å². The molecule has 0 unspecified atom stereocenters. The van der Waals surface area contributed by atoms with E-state index in [9.17, 15) is 9.59 Å². The van der Waals surface area contributed by atoms with Gasteiger partial charge >= 0.3 is 0 Å². The van der Waals surface area contributed by atoms with Crippen LogP contribution in [0.15, 0.2) is 61.3 Å². The first-order chi connectivity index (χ1) is 18.7. The minimum Gasteiger partial charge on any atom is -0.342 e. The molecule has 2 aromatic carbocycles. The van der Waals surface area contributed by atoms with E-state index in [1.165, 1.54) is 37.3 Å². The van der Waals surface area contributed by atoms with Crippen LogP contribution in [0.3, 0.4) is 0 Å². The first kappa shape index (κ1) is 26.4. The molecule has 1 saturated carbocycles. The highest BCUT2D eigenvalue weighted by atomic mass is 16.2. The summed E-state index contributed by atoms with van der Waals surface area (Å²) in [6.45, 7) is 11.1. The van der Waals surface area contributed by atoms with E-state index >= 15 is 0 Å². The van der Waals surface area contributed by atoms with E-state index in [0.717, 1.165) is 35.6 Å². The average molecular weight is 525 g/mol. The maximum absolute atomic E-state index is 11.6. The molecule has 1 spiro atoms. The number of nitrogens with one attached hydrogen (secondary N) is 3. The fourth-order valence-corrected chi connectivity index (χ4v) is 5.70. The zero-order valence-electron chi connectivity index (χ0n) is 22.9. The summed E-state index contributed by atoms with van der Waals surface area (Å²) in [5.74, 6) is 1.70. The number of benzene rings is 2. The van der Waals surface area contributed by atoms with Gasteiger partial charge in [-0.1, -0.05) is 24.8 Å². The second-order valence-corrected chi connectivity index (χ2v) is 11.0. The van der Waals surface area contributed by atoms with Gasteiger partial charge in [0.1, 0.15) is 5.82 Å². The van der Waals surface area contributed by atoms with Crippen molar-refractivity contribution in [1.29, 1.82) is 0 Å². The summed E-state index contributed by atoms with van der Waals surface area (Å²) in [4.78, 5) is 34.4. The fourth-order valence-electron chi connectivity index (χ4n) is 5.70. The van der Waals surface area contributed by atoms with Gasteiger partial charge in [-0.15, -0.1) is 0 Å². The summed E-state index contributed by atoms with van der Waals surface area (Å²) < 4.78 is 0. The minimum absolute atomic E-state index is 0.199. The highest BCUT2D eigenvalue weighted by molar-refractivity contribution is 5.99. The molecule has 8 heteroatoms. The van der Waals surface area contributed by atoms with Gasteiger partial charge in [-0.25, -0.2) is 4.98 Å². The standard InChI is InChI=1S/C31H36N6O2/c1-5-28(39)33-25-7-6-8-26(16-25)34-29-21(3)17-32-30(36-29)35-27-10-9-24(15-20(27)2)23-11-13-31(14-12-23)18-37(19-31)22(4)38/h5-10,15-17,23H,1,11-14,18-19H2,2-4H3,(H,33,39)(H2,32,34,35,36). The topological polar surface area (TPSA) is 99.2 Å². The second-order valence-electron chi connectivity index (χ2n) is 11.0. The number of aryl methyl sites for hydroxylation is 2. The molecule has 0 radical (unpaired) electrons. The zero-order valence-corrected chi connectivity index (χ0v) is 22.9. The Bertz CT molecular complexity index is 1400. The number of carbonyl (C=O) groups is 2. The molecule has 2 heterocycles. The molecule has 0 atom stereocenters. The van der Waals surface area contributed by atoms with Crippen molar-refractivity contribution in [3.63, 3.8) is 0 Å². The first-order valence-corrected chi connectivity index (χ1v) is 13.5. The molecule has 1 saturated heterocycles. The Labute approximate surface area is 229 Å². The second kappa shape index (κ2) is 10.9. The molecular weight excluding hydrogens is 488 g/mol. The SMILES string of the molecule is C=CC(=O)Nc1cccc(Nc2nc(Nc3ccc(C4CCC5(CC4)CN(C(C)=O)C5)cc3C)ncc2C)c1. The van der Waals surface area contributed by atoms with Crippen molar-refractivity contribution < 1.29 is 9.59 Å². The highest BCUT2D eigenvalue weighted by Gasteiger charge is 2.46. The van der Waals surface area contributed by atoms with Crippen molar-refractivity contribution in [2.45, 2.75) is 52.4 Å². The van der Waals surface area contributed by atoms with Crippen LogP contribution in [-0.2, 0) is 9.59 Å². The molecule has 3 N–H and O–H groups in total. The number of rotatable bonds is 7. The molecule has 1 aromatic heterocycles. The van der Waals surface area contributed by atoms with Crippen molar-refractivity contribution in [3.8, 4) is 0 Å². The Hall–Kier alpha value is -4.20. The molecule has 2 aliphatic rings. The van der Waals surface area contributed by atoms with E-state index in [1.54, 1.807) is 13.1 Å². The van der Waals surface area contributed by atoms with Crippen LogP contribution in [0.5, 0.6) is 0 Å². The molecule has 2 fully saturated rings. The Morgan fingerprint density at radius 2 is 1.77 bits per heavy atom. The van der Waals surface area contributed by atoms with Gasteiger partial charge in [-0.05, 0) is 86.9 Å². The van der Waals surface area contributed by atoms with Crippen LogP contribution in [0.1, 0.15) is 55.2 Å². The third-order valence-corrected chi connectivity index (χ3v) is 8.06. The number of anilines is 5. The zero-order chi connectivity index (χ0) is 27.6. The van der Waals surface area contributed by atoms with Crippen molar-refractivity contribution in [1.82, 2.24) is 14.9 Å². The van der Waals surface area contributed by atoms with Gasteiger partial charge in [0.05, 0.1) is 0 Å². The molecule has 202 valence electrons. The summed E-state index contributed by atoms with van der Waals surface area (Å²) in [6, 6.07) is 14.1. The van der Waals surface area contributed by atoms with Crippen LogP contribution >= 0.6 is 0 Å². The normalized spacial score (nSPS) is 16.3. The van der Waals surface area contributed by atoms with Crippen LogP contribution < -0.4 is 16.0 Å². The van der Waals surface area contributed by atoms with Crippen LogP contribution in [0.4, 0.5) is 28.8 Å². The summed E-state index contributed by atoms with van der Waals surface area (Å²) in [6.07, 6.45) is 7.76. The molecule has 1 aliphatic heterocycles. The van der Waals surface area contributed by atoms with Crippen molar-refractivity contribution in [2.24, 2.45) is 5.41 Å². The van der Waals surface area contributed by atoms with Crippen LogP contribution in [0, 0.1) is 19.3 Å². The first-order valence-electron chi connectivity index (χ1n) is 13.5. The Morgan fingerprint density at radius 1 is 1.03 bits per heavy atom. The molecule has 0 bridgehead atoms. The highest BCUT2D eigenvalue weighted by Crippen LogP contribution is 2.48. The molecule has 2 amide bonds. The lowest BCUT2D eigenvalue weighted by molar-refractivity contribution is -0.143. The Balaban J connectivity index is 1.23. The summed E-state index contributed by atoms with van der Waals surface area (Å²) in [7, 11) is 0. The van der Waals surface area contributed by atoms with Gasteiger partial charge in [0.15, 0.2) is 0 Å². The molecule has 39 heavy (non-hydrogen) atoms. The summed E-state index contributed by atoms with van der Waals surface area (Å²) in [5.41, 5.74) is 6.25. The van der Waals surface area contributed by atoms with Crippen molar-refractivity contribution in [3.05, 3.63) is 78.0 Å². The largest absolute Gasteiger partial charge is 0.342 e. The van der Waals surface area contributed by atoms with Crippen molar-refractivity contribution >= 4 is 40.6 Å². The molecule has 3 aromatic rings. The van der Waals surface area contributed by atoms with Gasteiger partial charge in [0, 0.05) is 54.3 Å². The number of carbonyl (C=O) groups excluding carboxylic acids is 2. The number of nitrogens with zero attached hydrogens (tertiary/aromatic N) is 3. The van der Waals surface area contributed by atoms with Gasteiger partial charge in [0.25, 0.3) is 0 Å². The number of hydrogen-bond donors (Lipinski definition) is 3. The van der Waals surface area contributed by atoms with Gasteiger partial charge < -0.3 is 20.9 Å². The van der Waals surface area contributed by atoms with E-state index < -0.39 is 0 Å². The van der Waals surface area contributed by atoms with E-state index in [0.29, 0.717) is 28.8 Å². The fraction of sp³-hybridized carbons (Fsp3) is 0.355. The molecular formula is C31H36N6O2. The predicted molar refractivity (Wildman–Crippen MR) is 156 cm³/mol. The minimum atomic E-state index is -0.259. The lowest BCUT2D eigenvalue weighted by atomic mass is 9.65. The average Bonchev–Trinajstić information content (AvgIpc) is 2.90. The molecule has 5 rings (SSSR count). The predicted octanol–water partition coefficient (Wildman–Crippen LogP) is 6.21. The number of amides is 2. The Kier molecular flexibility index (Phi) is 7.37. The lowest BCUT2D eigenvalue weighted by Crippen LogP contribution is -2.58. The van der Waals surface area contributed by atoms with Crippen LogP contribution in [0.25, 0.3) is 0 Å². The third-order valence-electron chi connectivity index (χ3n) is 8.06. The third kappa shape index (κ3) is 5.95. The van der Waals surface area contributed by atoms with Gasteiger partial charge in [-0.2, -0.15) is 4.98 Å².